The van der Waals surface area contributed by atoms with Crippen LogP contribution >= 0.6 is 11.3 Å². The van der Waals surface area contributed by atoms with Gasteiger partial charge in [-0.1, -0.05) is 0 Å². The van der Waals surface area contributed by atoms with Crippen LogP contribution < -0.4 is 0 Å². The van der Waals surface area contributed by atoms with Gasteiger partial charge in [0.2, 0.25) is 0 Å². The van der Waals surface area contributed by atoms with Crippen LogP contribution in [0, 0.1) is 12.8 Å². The molecule has 1 aliphatic heterocycles. The zero-order valence-electron chi connectivity index (χ0n) is 13.1. The van der Waals surface area contributed by atoms with Crippen LogP contribution in [0.1, 0.15) is 28.1 Å². The van der Waals surface area contributed by atoms with Crippen LogP contribution in [0.5, 0.6) is 0 Å². The van der Waals surface area contributed by atoms with Crippen molar-refractivity contribution in [2.75, 3.05) is 33.7 Å². The lowest BCUT2D eigenvalue weighted by Gasteiger charge is -2.31. The Bertz CT molecular complexity index is 646. The first-order chi connectivity index (χ1) is 10.2. The highest BCUT2D eigenvalue weighted by atomic mass is 32.2. The summed E-state index contributed by atoms with van der Waals surface area (Å²) in [4.78, 5) is 13.4. The summed E-state index contributed by atoms with van der Waals surface area (Å²) in [6, 6.07) is 1.45. The summed E-state index contributed by atoms with van der Waals surface area (Å²) in [6.45, 7) is 4.07. The van der Waals surface area contributed by atoms with Crippen molar-refractivity contribution in [3.05, 3.63) is 16.5 Å². The van der Waals surface area contributed by atoms with E-state index in [1.165, 1.54) is 10.4 Å². The molecule has 8 heteroatoms. The topological polar surface area (TPSA) is 77.9 Å². The minimum absolute atomic E-state index is 0.0891. The van der Waals surface area contributed by atoms with Gasteiger partial charge in [0.05, 0.1) is 0 Å². The summed E-state index contributed by atoms with van der Waals surface area (Å²) in [6.07, 6.45) is 1.97. The molecule has 6 nitrogen and oxygen atoms in total. The van der Waals surface area contributed by atoms with Crippen molar-refractivity contribution in [1.29, 1.82) is 0 Å². The van der Waals surface area contributed by atoms with Gasteiger partial charge in [-0.3, -0.25) is 0 Å². The second-order valence-corrected chi connectivity index (χ2v) is 9.24. The van der Waals surface area contributed by atoms with Crippen LogP contribution in [0.3, 0.4) is 0 Å². The highest BCUT2D eigenvalue weighted by molar-refractivity contribution is 7.91. The fourth-order valence-electron chi connectivity index (χ4n) is 2.65. The largest absolute Gasteiger partial charge is 0.477 e. The molecule has 1 aromatic rings. The molecule has 0 amide bonds. The second-order valence-electron chi connectivity index (χ2n) is 5.91. The van der Waals surface area contributed by atoms with E-state index in [2.05, 4.69) is 11.9 Å². The lowest BCUT2D eigenvalue weighted by Crippen LogP contribution is -2.37. The van der Waals surface area contributed by atoms with Crippen molar-refractivity contribution >= 4 is 27.3 Å². The standard InChI is InChI=1S/C14H22N2O4S2/c1-10-8-12(21-13(10)14(17)18)22(19,20)16(3)9-11-4-6-15(2)7-5-11/h8,11H,4-7,9H2,1-3H3,(H,17,18). The summed E-state index contributed by atoms with van der Waals surface area (Å²) < 4.78 is 26.7. The van der Waals surface area contributed by atoms with E-state index >= 15 is 0 Å². The zero-order valence-corrected chi connectivity index (χ0v) is 14.7. The second kappa shape index (κ2) is 6.66. The maximum absolute atomic E-state index is 12.6. The minimum Gasteiger partial charge on any atom is -0.477 e. The Hall–Kier alpha value is -0.960. The predicted molar refractivity (Wildman–Crippen MR) is 86.1 cm³/mol. The van der Waals surface area contributed by atoms with E-state index in [9.17, 15) is 13.2 Å². The Balaban J connectivity index is 2.12. The molecule has 0 atom stereocenters. The number of likely N-dealkylation sites (tertiary alicyclic amines) is 1. The molecule has 1 aromatic heterocycles. The molecule has 0 radical (unpaired) electrons. The van der Waals surface area contributed by atoms with Crippen molar-refractivity contribution in [1.82, 2.24) is 9.21 Å². The van der Waals surface area contributed by atoms with E-state index < -0.39 is 16.0 Å². The Morgan fingerprint density at radius 2 is 2.05 bits per heavy atom. The average Bonchev–Trinajstić information content (AvgIpc) is 2.84. The first kappa shape index (κ1) is 17.4. The third-order valence-corrected chi connectivity index (χ3v) is 7.61. The van der Waals surface area contributed by atoms with Gasteiger partial charge in [-0.05, 0) is 57.5 Å². The van der Waals surface area contributed by atoms with E-state index in [0.29, 0.717) is 18.0 Å². The van der Waals surface area contributed by atoms with E-state index in [4.69, 9.17) is 5.11 Å². The molecular formula is C14H22N2O4S2. The van der Waals surface area contributed by atoms with Crippen molar-refractivity contribution in [2.45, 2.75) is 24.0 Å². The van der Waals surface area contributed by atoms with E-state index in [-0.39, 0.29) is 9.09 Å². The van der Waals surface area contributed by atoms with Crippen molar-refractivity contribution in [3.63, 3.8) is 0 Å². The fraction of sp³-hybridized carbons (Fsp3) is 0.643. The summed E-state index contributed by atoms with van der Waals surface area (Å²) >= 11 is 0.828. The van der Waals surface area contributed by atoms with E-state index in [1.54, 1.807) is 14.0 Å². The van der Waals surface area contributed by atoms with Crippen LogP contribution in [-0.2, 0) is 10.0 Å². The highest BCUT2D eigenvalue weighted by Gasteiger charge is 2.28. The molecule has 0 spiro atoms. The molecule has 0 aromatic carbocycles. The third-order valence-electron chi connectivity index (χ3n) is 4.11. The predicted octanol–water partition coefficient (Wildman–Crippen LogP) is 1.72. The van der Waals surface area contributed by atoms with Crippen LogP contribution in [-0.4, -0.2) is 62.4 Å². The number of nitrogens with zero attached hydrogens (tertiary/aromatic N) is 2. The van der Waals surface area contributed by atoms with Gasteiger partial charge in [-0.2, -0.15) is 4.31 Å². The van der Waals surface area contributed by atoms with Crippen LogP contribution in [0.15, 0.2) is 10.3 Å². The summed E-state index contributed by atoms with van der Waals surface area (Å²) in [5, 5.41) is 9.07. The molecule has 2 heterocycles. The molecule has 0 aliphatic carbocycles. The van der Waals surface area contributed by atoms with Gasteiger partial charge in [0.15, 0.2) is 0 Å². The average molecular weight is 346 g/mol. The molecule has 0 saturated carbocycles. The van der Waals surface area contributed by atoms with Crippen LogP contribution in [0.25, 0.3) is 0 Å². The van der Waals surface area contributed by atoms with Gasteiger partial charge in [0, 0.05) is 13.6 Å². The van der Waals surface area contributed by atoms with Crippen molar-refractivity contribution in [3.8, 4) is 0 Å². The SMILES string of the molecule is Cc1cc(S(=O)(=O)N(C)CC2CCN(C)CC2)sc1C(=O)O. The maximum Gasteiger partial charge on any atom is 0.346 e. The Kier molecular flexibility index (Phi) is 5.26. The number of thiophene rings is 1. The third kappa shape index (κ3) is 3.68. The monoisotopic (exact) mass is 346 g/mol. The Morgan fingerprint density at radius 1 is 1.45 bits per heavy atom. The highest BCUT2D eigenvalue weighted by Crippen LogP contribution is 2.29. The summed E-state index contributed by atoms with van der Waals surface area (Å²) in [7, 11) is 0.0284. The molecule has 124 valence electrons. The van der Waals surface area contributed by atoms with Gasteiger partial charge in [-0.15, -0.1) is 11.3 Å². The molecule has 0 bridgehead atoms. The van der Waals surface area contributed by atoms with Crippen LogP contribution in [0.4, 0.5) is 0 Å². The number of hydrogen-bond donors (Lipinski definition) is 1. The van der Waals surface area contributed by atoms with Crippen LogP contribution in [0.2, 0.25) is 0 Å². The van der Waals surface area contributed by atoms with Crippen molar-refractivity contribution < 1.29 is 18.3 Å². The molecule has 0 unspecified atom stereocenters. The number of piperidine rings is 1. The number of sulfonamides is 1. The minimum atomic E-state index is -3.61. The number of aryl methyl sites for hydroxylation is 1. The first-order valence-electron chi connectivity index (χ1n) is 7.20. The van der Waals surface area contributed by atoms with Gasteiger partial charge >= 0.3 is 5.97 Å². The lowest BCUT2D eigenvalue weighted by atomic mass is 9.97. The quantitative estimate of drug-likeness (QED) is 0.878. The van der Waals surface area contributed by atoms with E-state index in [1.807, 2.05) is 0 Å². The Labute approximate surface area is 135 Å². The van der Waals surface area contributed by atoms with Gasteiger partial charge in [0.1, 0.15) is 9.09 Å². The van der Waals surface area contributed by atoms with E-state index in [0.717, 1.165) is 37.3 Å². The summed E-state index contributed by atoms with van der Waals surface area (Å²) in [5.41, 5.74) is 0.490. The Morgan fingerprint density at radius 3 is 2.55 bits per heavy atom. The van der Waals surface area contributed by atoms with Gasteiger partial charge in [0.25, 0.3) is 10.0 Å². The smallest absolute Gasteiger partial charge is 0.346 e. The molecule has 2 rings (SSSR count). The van der Waals surface area contributed by atoms with Gasteiger partial charge in [-0.25, -0.2) is 13.2 Å². The number of rotatable bonds is 5. The molecule has 22 heavy (non-hydrogen) atoms. The first-order valence-corrected chi connectivity index (χ1v) is 9.46. The van der Waals surface area contributed by atoms with Crippen molar-refractivity contribution in [2.24, 2.45) is 5.92 Å². The molecule has 1 fully saturated rings. The number of carboxylic acids is 1. The summed E-state index contributed by atoms with van der Waals surface area (Å²) in [5.74, 6) is -0.724. The molecule has 1 saturated heterocycles. The maximum atomic E-state index is 12.6. The van der Waals surface area contributed by atoms with Gasteiger partial charge < -0.3 is 10.0 Å². The number of carbonyl (C=O) groups is 1. The normalized spacial score (nSPS) is 18.0. The molecule has 1 N–H and O–H groups in total. The number of carboxylic acid groups (broad SMARTS) is 1. The lowest BCUT2D eigenvalue weighted by molar-refractivity contribution is 0.0701. The number of hydrogen-bond acceptors (Lipinski definition) is 5. The fourth-order valence-corrected chi connectivity index (χ4v) is 5.49. The molecular weight excluding hydrogens is 324 g/mol. The number of aromatic carboxylic acids is 1. The molecule has 1 aliphatic rings. The zero-order chi connectivity index (χ0) is 16.5.